The third kappa shape index (κ3) is 3.44. The maximum absolute atomic E-state index is 13.8. The molecule has 3 heterocycles. The second kappa shape index (κ2) is 8.03. The molecule has 3 aliphatic rings. The number of hydrogen-bond acceptors (Lipinski definition) is 4. The number of aromatic nitrogens is 3. The summed E-state index contributed by atoms with van der Waals surface area (Å²) in [5.74, 6) is 2.36. The van der Waals surface area contributed by atoms with E-state index in [2.05, 4.69) is 20.1 Å². The molecule has 1 saturated heterocycles. The van der Waals surface area contributed by atoms with Gasteiger partial charge in [-0.3, -0.25) is 4.79 Å². The normalized spacial score (nSPS) is 21.1. The van der Waals surface area contributed by atoms with Crippen LogP contribution in [0.4, 0.5) is 4.39 Å². The van der Waals surface area contributed by atoms with Gasteiger partial charge in [0.2, 0.25) is 5.91 Å². The SMILES string of the molecule is Cl.O=C(N1CCC(c2nnc3n2CCNC3)CC1)C1(c2cccc(F)c2)CCC1. The molecule has 1 aromatic heterocycles. The van der Waals surface area contributed by atoms with E-state index < -0.39 is 5.41 Å². The van der Waals surface area contributed by atoms with Crippen molar-refractivity contribution in [2.45, 2.75) is 56.5 Å². The minimum absolute atomic E-state index is 0. The molecule has 2 aromatic rings. The van der Waals surface area contributed by atoms with Crippen molar-refractivity contribution in [1.82, 2.24) is 25.0 Å². The molecule has 1 N–H and O–H groups in total. The summed E-state index contributed by atoms with van der Waals surface area (Å²) in [6.07, 6.45) is 4.49. The number of halogens is 2. The van der Waals surface area contributed by atoms with E-state index in [-0.39, 0.29) is 24.1 Å². The molecule has 5 rings (SSSR count). The molecular weight excluding hydrogens is 393 g/mol. The Bertz CT molecular complexity index is 889. The molecule has 1 aromatic carbocycles. The molecule has 1 aliphatic carbocycles. The van der Waals surface area contributed by atoms with Gasteiger partial charge in [0.15, 0.2) is 0 Å². The van der Waals surface area contributed by atoms with Crippen molar-refractivity contribution in [3.05, 3.63) is 47.3 Å². The quantitative estimate of drug-likeness (QED) is 0.830. The van der Waals surface area contributed by atoms with Gasteiger partial charge in [0, 0.05) is 32.1 Å². The summed E-state index contributed by atoms with van der Waals surface area (Å²) in [5.41, 5.74) is 0.319. The second-order valence-corrected chi connectivity index (χ2v) is 8.32. The van der Waals surface area contributed by atoms with Crippen LogP contribution in [0.3, 0.4) is 0 Å². The number of piperidine rings is 1. The van der Waals surface area contributed by atoms with Gasteiger partial charge in [-0.2, -0.15) is 0 Å². The summed E-state index contributed by atoms with van der Waals surface area (Å²) in [4.78, 5) is 15.4. The summed E-state index contributed by atoms with van der Waals surface area (Å²) in [6, 6.07) is 6.61. The molecule has 0 spiro atoms. The van der Waals surface area contributed by atoms with Gasteiger partial charge in [0.05, 0.1) is 12.0 Å². The Morgan fingerprint density at radius 2 is 1.97 bits per heavy atom. The third-order valence-corrected chi connectivity index (χ3v) is 6.79. The Hall–Kier alpha value is -1.99. The fourth-order valence-electron chi connectivity index (χ4n) is 5.00. The van der Waals surface area contributed by atoms with Crippen LogP contribution in [0.25, 0.3) is 0 Å². The Balaban J connectivity index is 0.00000205. The van der Waals surface area contributed by atoms with Gasteiger partial charge in [-0.1, -0.05) is 18.6 Å². The Labute approximate surface area is 176 Å². The van der Waals surface area contributed by atoms with E-state index in [0.29, 0.717) is 5.92 Å². The predicted molar refractivity (Wildman–Crippen MR) is 109 cm³/mol. The molecule has 8 heteroatoms. The number of benzene rings is 1. The van der Waals surface area contributed by atoms with Gasteiger partial charge < -0.3 is 14.8 Å². The van der Waals surface area contributed by atoms with Crippen molar-refractivity contribution in [2.24, 2.45) is 0 Å². The third-order valence-electron chi connectivity index (χ3n) is 6.79. The summed E-state index contributed by atoms with van der Waals surface area (Å²) in [7, 11) is 0. The van der Waals surface area contributed by atoms with E-state index in [1.54, 1.807) is 12.1 Å². The van der Waals surface area contributed by atoms with E-state index in [9.17, 15) is 9.18 Å². The maximum atomic E-state index is 13.8. The minimum atomic E-state index is -0.519. The Morgan fingerprint density at radius 3 is 2.66 bits per heavy atom. The molecule has 6 nitrogen and oxygen atoms in total. The highest BCUT2D eigenvalue weighted by Crippen LogP contribution is 2.46. The first kappa shape index (κ1) is 20.3. The van der Waals surface area contributed by atoms with Crippen molar-refractivity contribution in [3.8, 4) is 0 Å². The Morgan fingerprint density at radius 1 is 1.17 bits per heavy atom. The van der Waals surface area contributed by atoms with Crippen molar-refractivity contribution >= 4 is 18.3 Å². The van der Waals surface area contributed by atoms with Crippen LogP contribution in [0.15, 0.2) is 24.3 Å². The maximum Gasteiger partial charge on any atom is 0.233 e. The minimum Gasteiger partial charge on any atom is -0.342 e. The molecule has 29 heavy (non-hydrogen) atoms. The van der Waals surface area contributed by atoms with Gasteiger partial charge in [0.25, 0.3) is 0 Å². The van der Waals surface area contributed by atoms with Gasteiger partial charge in [0.1, 0.15) is 17.5 Å². The molecule has 1 amide bonds. The number of carbonyl (C=O) groups excluding carboxylic acids is 1. The van der Waals surface area contributed by atoms with Gasteiger partial charge in [-0.05, 0) is 43.4 Å². The lowest BCUT2D eigenvalue weighted by molar-refractivity contribution is -0.142. The molecule has 2 aliphatic heterocycles. The van der Waals surface area contributed by atoms with Crippen LogP contribution in [0.2, 0.25) is 0 Å². The summed E-state index contributed by atoms with van der Waals surface area (Å²) >= 11 is 0. The molecular formula is C21H27ClFN5O. The van der Waals surface area contributed by atoms with Crippen molar-refractivity contribution in [1.29, 1.82) is 0 Å². The first-order chi connectivity index (χ1) is 13.7. The van der Waals surface area contributed by atoms with Crippen LogP contribution in [0.5, 0.6) is 0 Å². The predicted octanol–water partition coefficient (Wildman–Crippen LogP) is 2.77. The largest absolute Gasteiger partial charge is 0.342 e. The molecule has 0 unspecified atom stereocenters. The number of fused-ring (bicyclic) bond motifs is 1. The summed E-state index contributed by atoms with van der Waals surface area (Å²) in [6.45, 7) is 4.12. The summed E-state index contributed by atoms with van der Waals surface area (Å²) < 4.78 is 16.0. The zero-order chi connectivity index (χ0) is 19.1. The second-order valence-electron chi connectivity index (χ2n) is 8.32. The standard InChI is InChI=1S/C21H26FN5O.ClH/c22-17-4-1-3-16(13-17)21(7-2-8-21)20(28)26-10-5-15(6-11-26)19-25-24-18-14-23-9-12-27(18)19;/h1,3-4,13,15,23H,2,5-12,14H2;1H. The Kier molecular flexibility index (Phi) is 5.62. The first-order valence-corrected chi connectivity index (χ1v) is 10.4. The van der Waals surface area contributed by atoms with Crippen LogP contribution in [-0.2, 0) is 23.3 Å². The summed E-state index contributed by atoms with van der Waals surface area (Å²) in [5, 5.41) is 12.1. The molecule has 156 valence electrons. The molecule has 0 atom stereocenters. The van der Waals surface area contributed by atoms with Crippen molar-refractivity contribution in [2.75, 3.05) is 19.6 Å². The van der Waals surface area contributed by atoms with Crippen LogP contribution >= 0.6 is 12.4 Å². The van der Waals surface area contributed by atoms with Crippen LogP contribution < -0.4 is 5.32 Å². The number of rotatable bonds is 3. The van der Waals surface area contributed by atoms with E-state index in [0.717, 1.165) is 82.0 Å². The average Bonchev–Trinajstić information content (AvgIpc) is 3.11. The highest BCUT2D eigenvalue weighted by molar-refractivity contribution is 5.89. The fraction of sp³-hybridized carbons (Fsp3) is 0.571. The highest BCUT2D eigenvalue weighted by Gasteiger charge is 2.48. The number of hydrogen-bond donors (Lipinski definition) is 1. The van der Waals surface area contributed by atoms with Crippen LogP contribution in [0.1, 0.15) is 55.2 Å². The topological polar surface area (TPSA) is 63.1 Å². The van der Waals surface area contributed by atoms with E-state index in [1.165, 1.54) is 6.07 Å². The highest BCUT2D eigenvalue weighted by atomic mass is 35.5. The van der Waals surface area contributed by atoms with E-state index in [4.69, 9.17) is 0 Å². The zero-order valence-electron chi connectivity index (χ0n) is 16.4. The monoisotopic (exact) mass is 419 g/mol. The molecule has 0 radical (unpaired) electrons. The number of likely N-dealkylation sites (tertiary alicyclic amines) is 1. The van der Waals surface area contributed by atoms with E-state index in [1.807, 2.05) is 11.0 Å². The van der Waals surface area contributed by atoms with Gasteiger partial charge >= 0.3 is 0 Å². The number of amides is 1. The molecule has 1 saturated carbocycles. The van der Waals surface area contributed by atoms with Crippen molar-refractivity contribution < 1.29 is 9.18 Å². The number of carbonyl (C=O) groups is 1. The fourth-order valence-corrected chi connectivity index (χ4v) is 5.00. The van der Waals surface area contributed by atoms with Gasteiger partial charge in [-0.15, -0.1) is 22.6 Å². The van der Waals surface area contributed by atoms with E-state index >= 15 is 0 Å². The number of nitrogens with one attached hydrogen (secondary N) is 1. The van der Waals surface area contributed by atoms with Gasteiger partial charge in [-0.25, -0.2) is 4.39 Å². The zero-order valence-corrected chi connectivity index (χ0v) is 17.3. The van der Waals surface area contributed by atoms with Crippen LogP contribution in [0, 0.1) is 5.82 Å². The van der Waals surface area contributed by atoms with Crippen LogP contribution in [-0.4, -0.2) is 45.2 Å². The lowest BCUT2D eigenvalue weighted by atomic mass is 9.63. The molecule has 0 bridgehead atoms. The average molecular weight is 420 g/mol. The first-order valence-electron chi connectivity index (χ1n) is 10.4. The van der Waals surface area contributed by atoms with Crippen molar-refractivity contribution in [3.63, 3.8) is 0 Å². The number of nitrogens with zero attached hydrogens (tertiary/aromatic N) is 4. The lowest BCUT2D eigenvalue weighted by Crippen LogP contribution is -2.53. The smallest absolute Gasteiger partial charge is 0.233 e. The lowest BCUT2D eigenvalue weighted by Gasteiger charge is -2.45. The molecule has 2 fully saturated rings.